The lowest BCUT2D eigenvalue weighted by molar-refractivity contribution is 0.0240. The summed E-state index contributed by atoms with van der Waals surface area (Å²) in [5.41, 5.74) is 2.09. The first-order valence-electron chi connectivity index (χ1n) is 13.7. The van der Waals surface area contributed by atoms with Crippen molar-refractivity contribution in [1.82, 2.24) is 29.5 Å². The number of amides is 1. The van der Waals surface area contributed by atoms with Gasteiger partial charge in [-0.05, 0) is 53.9 Å². The molecule has 1 N–H and O–H groups in total. The minimum absolute atomic E-state index is 0.0615. The van der Waals surface area contributed by atoms with E-state index in [4.69, 9.17) is 21.3 Å². The van der Waals surface area contributed by atoms with Gasteiger partial charge in [-0.25, -0.2) is 18.9 Å². The van der Waals surface area contributed by atoms with Gasteiger partial charge in [0.2, 0.25) is 5.95 Å². The maximum atomic E-state index is 15.4. The van der Waals surface area contributed by atoms with Crippen molar-refractivity contribution in [3.8, 4) is 5.69 Å². The fourth-order valence-corrected chi connectivity index (χ4v) is 5.09. The lowest BCUT2D eigenvalue weighted by Gasteiger charge is -2.36. The number of aryl methyl sites for hydroxylation is 1. The van der Waals surface area contributed by atoms with E-state index in [-0.39, 0.29) is 11.1 Å². The van der Waals surface area contributed by atoms with Crippen LogP contribution in [0.5, 0.6) is 0 Å². The second-order valence-electron chi connectivity index (χ2n) is 11.6. The van der Waals surface area contributed by atoms with Crippen LogP contribution in [0.1, 0.15) is 26.3 Å². The Balaban J connectivity index is 1.61. The summed E-state index contributed by atoms with van der Waals surface area (Å²) in [4.78, 5) is 28.1. The van der Waals surface area contributed by atoms with Gasteiger partial charge in [0.15, 0.2) is 0 Å². The molecule has 218 valence electrons. The van der Waals surface area contributed by atoms with Gasteiger partial charge in [-0.1, -0.05) is 23.2 Å². The molecule has 0 spiro atoms. The van der Waals surface area contributed by atoms with E-state index in [1.54, 1.807) is 15.8 Å². The Kier molecular flexibility index (Phi) is 7.93. The topological polar surface area (TPSA) is 91.7 Å². The van der Waals surface area contributed by atoms with Crippen molar-refractivity contribution in [3.05, 3.63) is 46.9 Å². The molecular formula is C29H36ClFN8O2. The van der Waals surface area contributed by atoms with Crippen molar-refractivity contribution in [2.24, 2.45) is 0 Å². The van der Waals surface area contributed by atoms with E-state index in [2.05, 4.69) is 20.3 Å². The van der Waals surface area contributed by atoms with E-state index in [9.17, 15) is 4.79 Å². The average Bonchev–Trinajstić information content (AvgIpc) is 3.30. The van der Waals surface area contributed by atoms with E-state index >= 15 is 4.39 Å². The SMILES string of the molecule is Cc1ccc2c(cnn2-c2c(Cl)c(F)cc3nc(NCCN(C)C)nc(N4CCN(C(=O)OC(C)(C)C)CC4)c23)c1. The number of hydrogen-bond donors (Lipinski definition) is 1. The summed E-state index contributed by atoms with van der Waals surface area (Å²) < 4.78 is 22.6. The third-order valence-corrected chi connectivity index (χ3v) is 7.20. The zero-order chi connectivity index (χ0) is 29.5. The highest BCUT2D eigenvalue weighted by Crippen LogP contribution is 2.38. The van der Waals surface area contributed by atoms with E-state index in [0.717, 1.165) is 23.0 Å². The Hall–Kier alpha value is -3.70. The average molecular weight is 583 g/mol. The number of carbonyl (C=O) groups is 1. The van der Waals surface area contributed by atoms with Crippen molar-refractivity contribution in [1.29, 1.82) is 0 Å². The Morgan fingerprint density at radius 2 is 1.88 bits per heavy atom. The summed E-state index contributed by atoms with van der Waals surface area (Å²) in [5.74, 6) is 0.389. The lowest BCUT2D eigenvalue weighted by atomic mass is 10.1. The largest absolute Gasteiger partial charge is 0.444 e. The van der Waals surface area contributed by atoms with Gasteiger partial charge in [-0.3, -0.25) is 0 Å². The number of aromatic nitrogens is 4. The number of carbonyl (C=O) groups excluding carboxylic acids is 1. The van der Waals surface area contributed by atoms with Crippen LogP contribution in [0.25, 0.3) is 27.5 Å². The molecule has 1 saturated heterocycles. The molecule has 0 radical (unpaired) electrons. The van der Waals surface area contributed by atoms with Crippen molar-refractivity contribution >= 4 is 51.3 Å². The van der Waals surface area contributed by atoms with Gasteiger partial charge in [0.05, 0.1) is 28.3 Å². The number of anilines is 2. The number of halogens is 2. The normalized spacial score (nSPS) is 14.4. The molecule has 12 heteroatoms. The standard InChI is InChI=1S/C29H36ClFN8O2/c1-18-7-8-22-19(15-18)17-33-39(22)25-23-21(16-20(31)24(25)30)34-27(32-9-10-36(5)6)35-26(23)37-11-13-38(14-12-37)28(40)41-29(2,3)4/h7-8,15-17H,9-14H2,1-6H3,(H,32,34,35). The van der Waals surface area contributed by atoms with Crippen molar-refractivity contribution < 1.29 is 13.9 Å². The van der Waals surface area contributed by atoms with Crippen LogP contribution in [0.4, 0.5) is 21.0 Å². The van der Waals surface area contributed by atoms with Gasteiger partial charge in [0.25, 0.3) is 0 Å². The molecule has 1 aliphatic rings. The van der Waals surface area contributed by atoms with E-state index in [1.165, 1.54) is 6.07 Å². The first kappa shape index (κ1) is 28.8. The maximum Gasteiger partial charge on any atom is 0.410 e. The number of fused-ring (bicyclic) bond motifs is 2. The Morgan fingerprint density at radius 1 is 1.15 bits per heavy atom. The predicted molar refractivity (Wildman–Crippen MR) is 161 cm³/mol. The summed E-state index contributed by atoms with van der Waals surface area (Å²) in [7, 11) is 3.97. The van der Waals surface area contributed by atoms with E-state index in [1.807, 2.05) is 64.9 Å². The van der Waals surface area contributed by atoms with Crippen LogP contribution in [-0.4, -0.2) is 94.6 Å². The molecule has 4 aromatic rings. The monoisotopic (exact) mass is 582 g/mol. The first-order valence-corrected chi connectivity index (χ1v) is 14.0. The number of rotatable bonds is 6. The molecule has 1 fully saturated rings. The zero-order valence-electron chi connectivity index (χ0n) is 24.3. The van der Waals surface area contributed by atoms with E-state index < -0.39 is 11.4 Å². The Morgan fingerprint density at radius 3 is 2.56 bits per heavy atom. The van der Waals surface area contributed by atoms with Crippen LogP contribution < -0.4 is 10.2 Å². The molecule has 2 aromatic carbocycles. The van der Waals surface area contributed by atoms with Gasteiger partial charge >= 0.3 is 6.09 Å². The second-order valence-corrected chi connectivity index (χ2v) is 12.0. The number of piperazine rings is 1. The van der Waals surface area contributed by atoms with Crippen molar-refractivity contribution in [3.63, 3.8) is 0 Å². The van der Waals surface area contributed by atoms with Crippen LogP contribution in [0, 0.1) is 12.7 Å². The molecule has 0 atom stereocenters. The Bertz CT molecular complexity index is 1590. The molecule has 0 unspecified atom stereocenters. The fourth-order valence-electron chi connectivity index (χ4n) is 4.86. The van der Waals surface area contributed by atoms with Crippen molar-refractivity contribution in [2.75, 3.05) is 63.6 Å². The highest BCUT2D eigenvalue weighted by molar-refractivity contribution is 6.34. The second kappa shape index (κ2) is 11.3. The summed E-state index contributed by atoms with van der Waals surface area (Å²) in [5, 5.41) is 9.32. The molecule has 0 saturated carbocycles. The van der Waals surface area contributed by atoms with Gasteiger partial charge < -0.3 is 24.8 Å². The van der Waals surface area contributed by atoms with Crippen molar-refractivity contribution in [2.45, 2.75) is 33.3 Å². The van der Waals surface area contributed by atoms with Crippen LogP contribution in [0.2, 0.25) is 5.02 Å². The predicted octanol–water partition coefficient (Wildman–Crippen LogP) is 5.10. The molecule has 2 aromatic heterocycles. The third kappa shape index (κ3) is 6.15. The van der Waals surface area contributed by atoms with Gasteiger partial charge in [0, 0.05) is 50.7 Å². The maximum absolute atomic E-state index is 15.4. The minimum atomic E-state index is -0.594. The van der Waals surface area contributed by atoms with Gasteiger partial charge in [-0.2, -0.15) is 10.1 Å². The molecule has 41 heavy (non-hydrogen) atoms. The highest BCUT2D eigenvalue weighted by Gasteiger charge is 2.29. The van der Waals surface area contributed by atoms with Crippen LogP contribution >= 0.6 is 11.6 Å². The number of nitrogens with zero attached hydrogens (tertiary/aromatic N) is 7. The molecule has 5 rings (SSSR count). The first-order chi connectivity index (χ1) is 19.4. The number of likely N-dealkylation sites (N-methyl/N-ethyl adjacent to an activating group) is 1. The molecule has 0 bridgehead atoms. The van der Waals surface area contributed by atoms with Crippen LogP contribution in [0.15, 0.2) is 30.5 Å². The zero-order valence-corrected chi connectivity index (χ0v) is 25.1. The quantitative estimate of drug-likeness (QED) is 0.336. The molecular weight excluding hydrogens is 547 g/mol. The minimum Gasteiger partial charge on any atom is -0.444 e. The summed E-state index contributed by atoms with van der Waals surface area (Å²) in [6.07, 6.45) is 1.40. The summed E-state index contributed by atoms with van der Waals surface area (Å²) in [6.45, 7) is 10.8. The van der Waals surface area contributed by atoms with E-state index in [0.29, 0.717) is 61.1 Å². The fraction of sp³-hybridized carbons (Fsp3) is 0.448. The molecule has 1 amide bonds. The molecule has 10 nitrogen and oxygen atoms in total. The molecule has 3 heterocycles. The summed E-state index contributed by atoms with van der Waals surface area (Å²) >= 11 is 6.69. The van der Waals surface area contributed by atoms with Gasteiger partial charge in [0.1, 0.15) is 22.3 Å². The number of nitrogens with one attached hydrogen (secondary N) is 1. The molecule has 1 aliphatic heterocycles. The lowest BCUT2D eigenvalue weighted by Crippen LogP contribution is -2.50. The third-order valence-electron chi connectivity index (χ3n) is 6.84. The van der Waals surface area contributed by atoms with Gasteiger partial charge in [-0.15, -0.1) is 0 Å². The van der Waals surface area contributed by atoms with Crippen LogP contribution in [0.3, 0.4) is 0 Å². The number of benzene rings is 2. The van der Waals surface area contributed by atoms with Crippen LogP contribution in [-0.2, 0) is 4.74 Å². The summed E-state index contributed by atoms with van der Waals surface area (Å²) in [6, 6.07) is 7.29. The number of ether oxygens (including phenoxy) is 1. The Labute approximate surface area is 244 Å². The highest BCUT2D eigenvalue weighted by atomic mass is 35.5. The smallest absolute Gasteiger partial charge is 0.410 e. The molecule has 0 aliphatic carbocycles. The number of hydrogen-bond acceptors (Lipinski definition) is 8.